The summed E-state index contributed by atoms with van der Waals surface area (Å²) in [4.78, 5) is 16.8. The molecule has 1 aromatic carbocycles. The van der Waals surface area contributed by atoms with Gasteiger partial charge in [-0.3, -0.25) is 9.36 Å². The Morgan fingerprint density at radius 2 is 2.18 bits per heavy atom. The highest BCUT2D eigenvalue weighted by molar-refractivity contribution is 9.10. The molecule has 0 aliphatic heterocycles. The first kappa shape index (κ1) is 12.3. The minimum Gasteiger partial charge on any atom is -0.299 e. The molecule has 0 bridgehead atoms. The van der Waals surface area contributed by atoms with Crippen LogP contribution in [0.15, 0.2) is 27.5 Å². The molecule has 17 heavy (non-hydrogen) atoms. The predicted octanol–water partition coefficient (Wildman–Crippen LogP) is 3.21. The topological polar surface area (TPSA) is 34.9 Å². The van der Waals surface area contributed by atoms with Crippen molar-refractivity contribution in [2.75, 3.05) is 0 Å². The smallest absolute Gasteiger partial charge is 0.261 e. The summed E-state index contributed by atoms with van der Waals surface area (Å²) < 4.78 is 2.60. The predicted molar refractivity (Wildman–Crippen MR) is 73.4 cm³/mol. The van der Waals surface area contributed by atoms with Gasteiger partial charge >= 0.3 is 0 Å². The number of fused-ring (bicyclic) bond motifs is 1. The Kier molecular flexibility index (Phi) is 3.33. The Labute approximate surface area is 109 Å². The zero-order chi connectivity index (χ0) is 12.6. The highest BCUT2D eigenvalue weighted by atomic mass is 79.9. The van der Waals surface area contributed by atoms with Gasteiger partial charge in [0.2, 0.25) is 0 Å². The summed E-state index contributed by atoms with van der Waals surface area (Å²) in [7, 11) is 1.79. The third-order valence-corrected chi connectivity index (χ3v) is 3.62. The first-order chi connectivity index (χ1) is 8.04. The van der Waals surface area contributed by atoms with Crippen molar-refractivity contribution in [3.05, 3.63) is 38.9 Å². The van der Waals surface area contributed by atoms with E-state index < -0.39 is 0 Å². The second-order valence-corrected chi connectivity index (χ2v) is 5.22. The molecule has 1 unspecified atom stereocenters. The van der Waals surface area contributed by atoms with Gasteiger partial charge in [0.05, 0.1) is 10.9 Å². The third-order valence-electron chi connectivity index (χ3n) is 3.13. The maximum atomic E-state index is 12.2. The lowest BCUT2D eigenvalue weighted by Crippen LogP contribution is -2.23. The fourth-order valence-corrected chi connectivity index (χ4v) is 2.23. The molecule has 0 aliphatic carbocycles. The second kappa shape index (κ2) is 4.61. The van der Waals surface area contributed by atoms with Crippen LogP contribution in [0.3, 0.4) is 0 Å². The molecule has 0 N–H and O–H groups in total. The Morgan fingerprint density at radius 1 is 1.47 bits per heavy atom. The van der Waals surface area contributed by atoms with Gasteiger partial charge in [0.15, 0.2) is 0 Å². The van der Waals surface area contributed by atoms with E-state index >= 15 is 0 Å². The lowest BCUT2D eigenvalue weighted by Gasteiger charge is -2.13. The Bertz CT molecular complexity index is 619. The normalized spacial score (nSPS) is 12.9. The van der Waals surface area contributed by atoms with Crippen molar-refractivity contribution in [2.24, 2.45) is 7.05 Å². The largest absolute Gasteiger partial charge is 0.299 e. The van der Waals surface area contributed by atoms with Crippen molar-refractivity contribution in [3.8, 4) is 0 Å². The number of rotatable bonds is 2. The van der Waals surface area contributed by atoms with Crippen molar-refractivity contribution in [1.29, 1.82) is 0 Å². The van der Waals surface area contributed by atoms with Crippen LogP contribution in [0, 0.1) is 0 Å². The minimum absolute atomic E-state index is 0.0257. The van der Waals surface area contributed by atoms with E-state index in [1.807, 2.05) is 18.2 Å². The lowest BCUT2D eigenvalue weighted by atomic mass is 10.1. The summed E-state index contributed by atoms with van der Waals surface area (Å²) in [6.07, 6.45) is 0.972. The van der Waals surface area contributed by atoms with Gasteiger partial charge in [0.1, 0.15) is 5.82 Å². The highest BCUT2D eigenvalue weighted by Gasteiger charge is 2.12. The van der Waals surface area contributed by atoms with Crippen molar-refractivity contribution in [1.82, 2.24) is 9.55 Å². The molecule has 1 heterocycles. The van der Waals surface area contributed by atoms with Crippen LogP contribution in [0.1, 0.15) is 32.0 Å². The van der Waals surface area contributed by atoms with Crippen LogP contribution < -0.4 is 5.56 Å². The molecular formula is C13H15BrN2O. The van der Waals surface area contributed by atoms with Crippen molar-refractivity contribution in [3.63, 3.8) is 0 Å². The summed E-state index contributed by atoms with van der Waals surface area (Å²) in [6, 6.07) is 5.58. The summed E-state index contributed by atoms with van der Waals surface area (Å²) in [5.74, 6) is 1.14. The Hall–Kier alpha value is -1.16. The van der Waals surface area contributed by atoms with E-state index in [-0.39, 0.29) is 11.5 Å². The lowest BCUT2D eigenvalue weighted by molar-refractivity contribution is 0.620. The highest BCUT2D eigenvalue weighted by Crippen LogP contribution is 2.20. The number of hydrogen-bond donors (Lipinski definition) is 0. The summed E-state index contributed by atoms with van der Waals surface area (Å²) in [5.41, 5.74) is 0.788. The Morgan fingerprint density at radius 3 is 2.82 bits per heavy atom. The van der Waals surface area contributed by atoms with E-state index in [4.69, 9.17) is 0 Å². The molecule has 0 amide bonds. The van der Waals surface area contributed by atoms with Gasteiger partial charge in [-0.25, -0.2) is 4.98 Å². The molecule has 0 saturated heterocycles. The number of benzene rings is 1. The number of aromatic nitrogens is 2. The molecular weight excluding hydrogens is 280 g/mol. The average Bonchev–Trinajstić information content (AvgIpc) is 2.32. The van der Waals surface area contributed by atoms with Crippen LogP contribution in [0.4, 0.5) is 0 Å². The fourth-order valence-electron chi connectivity index (χ4n) is 1.88. The van der Waals surface area contributed by atoms with E-state index in [2.05, 4.69) is 34.8 Å². The molecule has 0 saturated carbocycles. The van der Waals surface area contributed by atoms with Crippen LogP contribution in [0.25, 0.3) is 10.9 Å². The van der Waals surface area contributed by atoms with E-state index in [0.29, 0.717) is 5.39 Å². The van der Waals surface area contributed by atoms with Gasteiger partial charge in [0, 0.05) is 17.4 Å². The fraction of sp³-hybridized carbons (Fsp3) is 0.385. The third kappa shape index (κ3) is 2.14. The number of nitrogens with zero attached hydrogens (tertiary/aromatic N) is 2. The van der Waals surface area contributed by atoms with Gasteiger partial charge < -0.3 is 0 Å². The van der Waals surface area contributed by atoms with Crippen LogP contribution in [-0.4, -0.2) is 9.55 Å². The van der Waals surface area contributed by atoms with Crippen LogP contribution in [-0.2, 0) is 7.05 Å². The van der Waals surface area contributed by atoms with Crippen molar-refractivity contribution < 1.29 is 0 Å². The maximum absolute atomic E-state index is 12.2. The van der Waals surface area contributed by atoms with E-state index in [0.717, 1.165) is 22.2 Å². The van der Waals surface area contributed by atoms with E-state index in [1.165, 1.54) is 0 Å². The molecule has 0 spiro atoms. The van der Waals surface area contributed by atoms with Gasteiger partial charge in [-0.15, -0.1) is 0 Å². The van der Waals surface area contributed by atoms with Crippen molar-refractivity contribution >= 4 is 26.8 Å². The van der Waals surface area contributed by atoms with Gasteiger partial charge in [-0.2, -0.15) is 0 Å². The molecule has 2 aromatic rings. The molecule has 1 atom stereocenters. The first-order valence-corrected chi connectivity index (χ1v) is 6.50. The van der Waals surface area contributed by atoms with Crippen LogP contribution in [0.2, 0.25) is 0 Å². The van der Waals surface area contributed by atoms with Crippen molar-refractivity contribution in [2.45, 2.75) is 26.2 Å². The summed E-state index contributed by atoms with van der Waals surface area (Å²) >= 11 is 3.41. The molecule has 4 heteroatoms. The average molecular weight is 295 g/mol. The zero-order valence-corrected chi connectivity index (χ0v) is 11.8. The Balaban J connectivity index is 2.80. The van der Waals surface area contributed by atoms with Gasteiger partial charge in [-0.1, -0.05) is 29.8 Å². The quantitative estimate of drug-likeness (QED) is 0.852. The second-order valence-electron chi connectivity index (χ2n) is 4.30. The SMILES string of the molecule is CCC(C)c1nc2cc(Br)ccc2c(=O)n1C. The van der Waals surface area contributed by atoms with Crippen LogP contribution >= 0.6 is 15.9 Å². The molecule has 3 nitrogen and oxygen atoms in total. The number of hydrogen-bond acceptors (Lipinski definition) is 2. The van der Waals surface area contributed by atoms with Gasteiger partial charge in [-0.05, 0) is 24.6 Å². The summed E-state index contributed by atoms with van der Waals surface area (Å²) in [6.45, 7) is 4.19. The zero-order valence-electron chi connectivity index (χ0n) is 10.2. The number of halogens is 1. The standard InChI is InChI=1S/C13H15BrN2O/c1-4-8(2)12-15-11-7-9(14)5-6-10(11)13(17)16(12)3/h5-8H,4H2,1-3H3. The molecule has 0 aliphatic rings. The minimum atomic E-state index is 0.0257. The molecule has 1 aromatic heterocycles. The molecule has 2 rings (SSSR count). The van der Waals surface area contributed by atoms with Crippen LogP contribution in [0.5, 0.6) is 0 Å². The van der Waals surface area contributed by atoms with E-state index in [1.54, 1.807) is 11.6 Å². The molecule has 0 fully saturated rings. The van der Waals surface area contributed by atoms with E-state index in [9.17, 15) is 4.79 Å². The monoisotopic (exact) mass is 294 g/mol. The first-order valence-electron chi connectivity index (χ1n) is 5.70. The molecule has 0 radical (unpaired) electrons. The summed E-state index contributed by atoms with van der Waals surface area (Å²) in [5, 5.41) is 0.669. The van der Waals surface area contributed by atoms with Gasteiger partial charge in [0.25, 0.3) is 5.56 Å². The maximum Gasteiger partial charge on any atom is 0.261 e. The molecule has 90 valence electrons.